The summed E-state index contributed by atoms with van der Waals surface area (Å²) in [5, 5.41) is 12.3. The van der Waals surface area contributed by atoms with Crippen LogP contribution in [-0.2, 0) is 5.41 Å². The van der Waals surface area contributed by atoms with Crippen LogP contribution in [0.2, 0.25) is 0 Å². The van der Waals surface area contributed by atoms with Crippen LogP contribution >= 0.6 is 11.3 Å². The first-order valence-electron chi connectivity index (χ1n) is 7.43. The van der Waals surface area contributed by atoms with Gasteiger partial charge in [0, 0.05) is 5.41 Å². The van der Waals surface area contributed by atoms with Crippen LogP contribution in [0.25, 0.3) is 0 Å². The van der Waals surface area contributed by atoms with E-state index in [0.29, 0.717) is 22.2 Å². The SMILES string of the molecule is CC=CC(C)(C)c1nnc(NC(=O)c2c(OC)cccc2OC)s1. The summed E-state index contributed by atoms with van der Waals surface area (Å²) in [5.74, 6) is 0.521. The molecular weight excluding hydrogens is 326 g/mol. The van der Waals surface area contributed by atoms with E-state index in [1.807, 2.05) is 32.9 Å². The fourth-order valence-electron chi connectivity index (χ4n) is 2.26. The van der Waals surface area contributed by atoms with Crippen molar-refractivity contribution in [3.05, 3.63) is 40.9 Å². The molecule has 1 amide bonds. The van der Waals surface area contributed by atoms with Gasteiger partial charge in [-0.1, -0.05) is 29.6 Å². The minimum Gasteiger partial charge on any atom is -0.496 e. The molecule has 0 aliphatic carbocycles. The summed E-state index contributed by atoms with van der Waals surface area (Å²) in [5.41, 5.74) is 0.0873. The van der Waals surface area contributed by atoms with Gasteiger partial charge in [0.15, 0.2) is 0 Å². The number of methoxy groups -OCH3 is 2. The molecule has 0 spiro atoms. The molecule has 0 aliphatic heterocycles. The van der Waals surface area contributed by atoms with Gasteiger partial charge in [-0.25, -0.2) is 0 Å². The van der Waals surface area contributed by atoms with E-state index in [1.54, 1.807) is 18.2 Å². The van der Waals surface area contributed by atoms with Crippen LogP contribution in [0.1, 0.15) is 36.1 Å². The lowest BCUT2D eigenvalue weighted by Gasteiger charge is -2.15. The van der Waals surface area contributed by atoms with Gasteiger partial charge in [-0.15, -0.1) is 10.2 Å². The van der Waals surface area contributed by atoms with Gasteiger partial charge in [0.25, 0.3) is 5.91 Å². The summed E-state index contributed by atoms with van der Waals surface area (Å²) in [6, 6.07) is 5.17. The fraction of sp³-hybridized carbons (Fsp3) is 0.353. The van der Waals surface area contributed by atoms with E-state index >= 15 is 0 Å². The van der Waals surface area contributed by atoms with Crippen molar-refractivity contribution >= 4 is 22.4 Å². The zero-order chi connectivity index (χ0) is 17.7. The third-order valence-electron chi connectivity index (χ3n) is 3.43. The molecule has 0 atom stereocenters. The third kappa shape index (κ3) is 3.73. The Morgan fingerprint density at radius 2 is 1.83 bits per heavy atom. The Balaban J connectivity index is 2.27. The molecule has 24 heavy (non-hydrogen) atoms. The van der Waals surface area contributed by atoms with Gasteiger partial charge < -0.3 is 9.47 Å². The zero-order valence-corrected chi connectivity index (χ0v) is 15.2. The highest BCUT2D eigenvalue weighted by Gasteiger charge is 2.24. The molecule has 6 nitrogen and oxygen atoms in total. The molecule has 128 valence electrons. The van der Waals surface area contributed by atoms with Crippen molar-refractivity contribution in [2.45, 2.75) is 26.2 Å². The predicted octanol–water partition coefficient (Wildman–Crippen LogP) is 3.66. The molecule has 1 aromatic heterocycles. The smallest absolute Gasteiger partial charge is 0.265 e. The van der Waals surface area contributed by atoms with E-state index in [4.69, 9.17) is 9.47 Å². The number of aromatic nitrogens is 2. The Morgan fingerprint density at radius 3 is 2.38 bits per heavy atom. The van der Waals surface area contributed by atoms with E-state index < -0.39 is 0 Å². The topological polar surface area (TPSA) is 73.3 Å². The molecule has 0 saturated carbocycles. The normalized spacial score (nSPS) is 11.5. The first kappa shape index (κ1) is 17.9. The molecular formula is C17H21N3O3S. The maximum atomic E-state index is 12.6. The predicted molar refractivity (Wildman–Crippen MR) is 95.2 cm³/mol. The Hall–Kier alpha value is -2.41. The van der Waals surface area contributed by atoms with Gasteiger partial charge in [0.2, 0.25) is 5.13 Å². The lowest BCUT2D eigenvalue weighted by molar-refractivity contribution is 0.102. The molecule has 0 radical (unpaired) electrons. The van der Waals surface area contributed by atoms with Gasteiger partial charge in [-0.3, -0.25) is 10.1 Å². The molecule has 1 heterocycles. The Bertz CT molecular complexity index is 731. The van der Waals surface area contributed by atoms with E-state index in [1.165, 1.54) is 25.6 Å². The Labute approximate surface area is 145 Å². The molecule has 2 rings (SSSR count). The van der Waals surface area contributed by atoms with Gasteiger partial charge in [0.05, 0.1) is 14.2 Å². The van der Waals surface area contributed by atoms with Crippen molar-refractivity contribution in [2.75, 3.05) is 19.5 Å². The van der Waals surface area contributed by atoms with Crippen LogP contribution in [0.5, 0.6) is 11.5 Å². The maximum Gasteiger partial charge on any atom is 0.265 e. The summed E-state index contributed by atoms with van der Waals surface area (Å²) >= 11 is 1.34. The number of carbonyl (C=O) groups is 1. The molecule has 0 fully saturated rings. The van der Waals surface area contributed by atoms with Gasteiger partial charge in [-0.05, 0) is 32.9 Å². The van der Waals surface area contributed by atoms with Crippen molar-refractivity contribution in [1.82, 2.24) is 10.2 Å². The highest BCUT2D eigenvalue weighted by molar-refractivity contribution is 7.15. The lowest BCUT2D eigenvalue weighted by Crippen LogP contribution is -2.14. The van der Waals surface area contributed by atoms with E-state index in [0.717, 1.165) is 5.01 Å². The number of amides is 1. The van der Waals surface area contributed by atoms with Crippen LogP contribution in [-0.4, -0.2) is 30.3 Å². The minimum absolute atomic E-state index is 0.239. The second-order valence-electron chi connectivity index (χ2n) is 5.63. The number of nitrogens with zero attached hydrogens (tertiary/aromatic N) is 2. The standard InChI is InChI=1S/C17H21N3O3S/c1-6-10-17(2,3)15-19-20-16(24-15)18-14(21)13-11(22-4)8-7-9-12(13)23-5/h6-10H,1-5H3,(H,18,20,21). The maximum absolute atomic E-state index is 12.6. The van der Waals surface area contributed by atoms with Crippen LogP contribution in [0, 0.1) is 0 Å². The molecule has 1 N–H and O–H groups in total. The number of ether oxygens (including phenoxy) is 2. The first-order valence-corrected chi connectivity index (χ1v) is 8.24. The summed E-state index contributed by atoms with van der Waals surface area (Å²) in [6.45, 7) is 6.05. The number of hydrogen-bond acceptors (Lipinski definition) is 6. The molecule has 0 unspecified atom stereocenters. The number of rotatable bonds is 6. The molecule has 0 bridgehead atoms. The summed E-state index contributed by atoms with van der Waals surface area (Å²) < 4.78 is 10.5. The van der Waals surface area contributed by atoms with Crippen molar-refractivity contribution in [3.8, 4) is 11.5 Å². The molecule has 1 aromatic carbocycles. The van der Waals surface area contributed by atoms with Gasteiger partial charge in [-0.2, -0.15) is 0 Å². The van der Waals surface area contributed by atoms with E-state index in [9.17, 15) is 4.79 Å². The highest BCUT2D eigenvalue weighted by Crippen LogP contribution is 2.32. The second kappa shape index (κ2) is 7.44. The quantitative estimate of drug-likeness (QED) is 0.807. The summed E-state index contributed by atoms with van der Waals surface area (Å²) in [7, 11) is 3.02. The molecule has 2 aromatic rings. The number of anilines is 1. The van der Waals surface area contributed by atoms with Crippen molar-refractivity contribution < 1.29 is 14.3 Å². The van der Waals surface area contributed by atoms with Gasteiger partial charge >= 0.3 is 0 Å². The van der Waals surface area contributed by atoms with Crippen molar-refractivity contribution in [3.63, 3.8) is 0 Å². The van der Waals surface area contributed by atoms with Crippen LogP contribution in [0.4, 0.5) is 5.13 Å². The van der Waals surface area contributed by atoms with Crippen LogP contribution in [0.3, 0.4) is 0 Å². The van der Waals surface area contributed by atoms with Crippen LogP contribution < -0.4 is 14.8 Å². The Kier molecular flexibility index (Phi) is 5.56. The lowest BCUT2D eigenvalue weighted by atomic mass is 9.94. The van der Waals surface area contributed by atoms with E-state index in [2.05, 4.69) is 15.5 Å². The first-order chi connectivity index (χ1) is 11.4. The highest BCUT2D eigenvalue weighted by atomic mass is 32.1. The Morgan fingerprint density at radius 1 is 1.21 bits per heavy atom. The molecule has 0 aliphatic rings. The number of hydrogen-bond donors (Lipinski definition) is 1. The van der Waals surface area contributed by atoms with Crippen molar-refractivity contribution in [1.29, 1.82) is 0 Å². The third-order valence-corrected chi connectivity index (χ3v) is 4.61. The second-order valence-corrected chi connectivity index (χ2v) is 6.60. The van der Waals surface area contributed by atoms with Crippen molar-refractivity contribution in [2.24, 2.45) is 0 Å². The summed E-state index contributed by atoms with van der Waals surface area (Å²) in [4.78, 5) is 12.6. The summed E-state index contributed by atoms with van der Waals surface area (Å²) in [6.07, 6.45) is 4.02. The van der Waals surface area contributed by atoms with E-state index in [-0.39, 0.29) is 11.3 Å². The monoisotopic (exact) mass is 347 g/mol. The largest absolute Gasteiger partial charge is 0.496 e. The minimum atomic E-state index is -0.351. The number of benzene rings is 1. The number of carbonyl (C=O) groups excluding carboxylic acids is 1. The van der Waals surface area contributed by atoms with Gasteiger partial charge in [0.1, 0.15) is 22.1 Å². The molecule has 7 heteroatoms. The number of allylic oxidation sites excluding steroid dienone is 2. The fourth-order valence-corrected chi connectivity index (χ4v) is 3.08. The molecule has 0 saturated heterocycles. The average Bonchev–Trinajstić information content (AvgIpc) is 3.03. The average molecular weight is 347 g/mol. The number of nitrogens with one attached hydrogen (secondary N) is 1. The zero-order valence-electron chi connectivity index (χ0n) is 14.4. The van der Waals surface area contributed by atoms with Crippen LogP contribution in [0.15, 0.2) is 30.4 Å².